The molecule has 1 heterocycles. The zero-order valence-corrected chi connectivity index (χ0v) is 24.8. The number of hydrogen-bond acceptors (Lipinski definition) is 4. The highest BCUT2D eigenvalue weighted by molar-refractivity contribution is 9.11. The fourth-order valence-corrected chi connectivity index (χ4v) is 11.1. The second-order valence-electron chi connectivity index (χ2n) is 13.1. The monoisotopic (exact) mass is 577 g/mol. The lowest BCUT2D eigenvalue weighted by Crippen LogP contribution is -2.58. The van der Waals surface area contributed by atoms with Gasteiger partial charge in [0.1, 0.15) is 5.78 Å². The third kappa shape index (κ3) is 4.55. The van der Waals surface area contributed by atoms with Crippen LogP contribution in [0, 0.1) is 46.3 Å². The number of rotatable bonds is 6. The van der Waals surface area contributed by atoms with Gasteiger partial charge in [0.25, 0.3) is 0 Å². The molecule has 0 aromatic carbocycles. The lowest BCUT2D eigenvalue weighted by Gasteiger charge is -2.61. The lowest BCUT2D eigenvalue weighted by molar-refractivity contribution is -0.169. The summed E-state index contributed by atoms with van der Waals surface area (Å²) in [6.07, 6.45) is 9.09. The average Bonchev–Trinajstić information content (AvgIpc) is 3.41. The number of nitrogens with one attached hydrogen (secondary N) is 1. The van der Waals surface area contributed by atoms with Crippen molar-refractivity contribution < 1.29 is 14.7 Å². The van der Waals surface area contributed by atoms with E-state index in [1.165, 1.54) is 24.1 Å². The first kappa shape index (κ1) is 26.9. The number of Topliss-reactive ketones (excluding diaryl/α,β-unsaturated/α-hetero) is 1. The Balaban J connectivity index is 1.27. The number of aliphatic hydroxyl groups excluding tert-OH is 1. The number of amides is 1. The molecule has 0 unspecified atom stereocenters. The van der Waals surface area contributed by atoms with Crippen LogP contribution < -0.4 is 5.32 Å². The maximum absolute atomic E-state index is 13.1. The molecule has 4 aliphatic carbocycles. The Morgan fingerprint density at radius 2 is 1.94 bits per heavy atom. The van der Waals surface area contributed by atoms with Crippen LogP contribution in [0.25, 0.3) is 0 Å². The average molecular weight is 579 g/mol. The first-order valence-electron chi connectivity index (χ1n) is 14.3. The zero-order valence-electron chi connectivity index (χ0n) is 22.4. The standard InChI is InChI=1S/C30H44BrNO3S/c1-5-23(25-8-9-26(31)36-25)32-27(35)14-17(2)20-6-7-21-28-22(11-13-30(20,21)4)29(3)12-10-19(33)15-18(29)16-24(28)34/h8-9,17-18,20-24,28,34H,5-7,10-16H2,1-4H3,(H,32,35)/t17-,18+,20-,21+,22+,23+,24-,28+,29+,30-/m1/s1. The molecule has 0 saturated heterocycles. The van der Waals surface area contributed by atoms with Crippen LogP contribution >= 0.6 is 27.3 Å². The summed E-state index contributed by atoms with van der Waals surface area (Å²) in [5.41, 5.74) is 0.396. The van der Waals surface area contributed by atoms with E-state index < -0.39 is 0 Å². The summed E-state index contributed by atoms with van der Waals surface area (Å²) in [5, 5.41) is 14.7. The fraction of sp³-hybridized carbons (Fsp3) is 0.800. The van der Waals surface area contributed by atoms with Gasteiger partial charge in [-0.05, 0) is 119 Å². The van der Waals surface area contributed by atoms with Crippen LogP contribution in [0.1, 0.15) is 103 Å². The van der Waals surface area contributed by atoms with Crippen molar-refractivity contribution in [3.63, 3.8) is 0 Å². The molecule has 0 radical (unpaired) electrons. The van der Waals surface area contributed by atoms with Crippen LogP contribution in [0.4, 0.5) is 0 Å². The van der Waals surface area contributed by atoms with Crippen LogP contribution in [0.2, 0.25) is 0 Å². The Bertz CT molecular complexity index is 995. The molecule has 6 heteroatoms. The topological polar surface area (TPSA) is 66.4 Å². The van der Waals surface area contributed by atoms with Gasteiger partial charge >= 0.3 is 0 Å². The van der Waals surface area contributed by atoms with Gasteiger partial charge in [0.2, 0.25) is 5.91 Å². The molecule has 0 aliphatic heterocycles. The highest BCUT2D eigenvalue weighted by atomic mass is 79.9. The van der Waals surface area contributed by atoms with Crippen LogP contribution in [0.3, 0.4) is 0 Å². The van der Waals surface area contributed by atoms with Crippen molar-refractivity contribution in [1.29, 1.82) is 0 Å². The summed E-state index contributed by atoms with van der Waals surface area (Å²) < 4.78 is 1.10. The number of aliphatic hydroxyl groups is 1. The number of thiophene rings is 1. The van der Waals surface area contributed by atoms with E-state index in [0.29, 0.717) is 54.1 Å². The molecule has 2 N–H and O–H groups in total. The van der Waals surface area contributed by atoms with Crippen molar-refractivity contribution >= 4 is 39.0 Å². The van der Waals surface area contributed by atoms with Gasteiger partial charge in [0.05, 0.1) is 15.9 Å². The Morgan fingerprint density at radius 1 is 1.19 bits per heavy atom. The largest absolute Gasteiger partial charge is 0.393 e. The van der Waals surface area contributed by atoms with Crippen LogP contribution in [-0.4, -0.2) is 22.9 Å². The molecule has 4 saturated carbocycles. The highest BCUT2D eigenvalue weighted by Gasteiger charge is 2.62. The molecule has 10 atom stereocenters. The van der Waals surface area contributed by atoms with E-state index in [9.17, 15) is 14.7 Å². The summed E-state index contributed by atoms with van der Waals surface area (Å²) in [5.74, 6) is 3.19. The van der Waals surface area contributed by atoms with E-state index in [1.54, 1.807) is 11.3 Å². The summed E-state index contributed by atoms with van der Waals surface area (Å²) in [6, 6.07) is 4.24. The van der Waals surface area contributed by atoms with E-state index in [2.05, 4.69) is 61.1 Å². The number of carbonyl (C=O) groups excluding carboxylic acids is 2. The number of carbonyl (C=O) groups is 2. The Labute approximate surface area is 229 Å². The first-order chi connectivity index (χ1) is 17.1. The van der Waals surface area contributed by atoms with Gasteiger partial charge in [-0.2, -0.15) is 0 Å². The van der Waals surface area contributed by atoms with Gasteiger partial charge in [-0.3, -0.25) is 9.59 Å². The molecule has 4 fully saturated rings. The van der Waals surface area contributed by atoms with Crippen molar-refractivity contribution in [2.75, 3.05) is 0 Å². The zero-order chi connectivity index (χ0) is 25.8. The smallest absolute Gasteiger partial charge is 0.220 e. The van der Waals surface area contributed by atoms with Crippen LogP contribution in [-0.2, 0) is 9.59 Å². The molecule has 5 rings (SSSR count). The Kier molecular flexibility index (Phi) is 7.55. The van der Waals surface area contributed by atoms with Crippen molar-refractivity contribution in [3.8, 4) is 0 Å². The van der Waals surface area contributed by atoms with Crippen LogP contribution in [0.5, 0.6) is 0 Å². The lowest BCUT2D eigenvalue weighted by atomic mass is 9.44. The summed E-state index contributed by atoms with van der Waals surface area (Å²) in [6.45, 7) is 9.33. The number of fused-ring (bicyclic) bond motifs is 5. The Hall–Kier alpha value is -0.720. The summed E-state index contributed by atoms with van der Waals surface area (Å²) >= 11 is 5.24. The maximum atomic E-state index is 13.1. The third-order valence-electron chi connectivity index (χ3n) is 11.4. The predicted molar refractivity (Wildman–Crippen MR) is 149 cm³/mol. The minimum atomic E-state index is -0.281. The van der Waals surface area contributed by atoms with Gasteiger partial charge in [-0.25, -0.2) is 0 Å². The van der Waals surface area contributed by atoms with Gasteiger partial charge in [-0.1, -0.05) is 27.7 Å². The van der Waals surface area contributed by atoms with E-state index in [4.69, 9.17) is 0 Å². The number of ketones is 1. The van der Waals surface area contributed by atoms with E-state index in [-0.39, 0.29) is 28.9 Å². The second kappa shape index (κ2) is 10.1. The molecule has 1 amide bonds. The van der Waals surface area contributed by atoms with E-state index in [0.717, 1.165) is 35.9 Å². The van der Waals surface area contributed by atoms with Crippen LogP contribution in [0.15, 0.2) is 15.9 Å². The molecule has 0 bridgehead atoms. The fourth-order valence-electron chi connectivity index (χ4n) is 9.57. The van der Waals surface area contributed by atoms with Gasteiger partial charge in [0, 0.05) is 24.1 Å². The highest BCUT2D eigenvalue weighted by Crippen LogP contribution is 2.68. The summed E-state index contributed by atoms with van der Waals surface area (Å²) in [4.78, 5) is 26.6. The SMILES string of the molecule is CC[C@H](NC(=O)C[C@@H](C)[C@H]1CC[C@H]2[C@@H]3[C@H](O)C[C@@H]4CC(=O)CC[C@]4(C)[C@H]3CC[C@]12C)c1ccc(Br)s1. The minimum Gasteiger partial charge on any atom is -0.393 e. The number of halogens is 1. The molecular formula is C30H44BrNO3S. The molecule has 36 heavy (non-hydrogen) atoms. The molecule has 4 nitrogen and oxygen atoms in total. The second-order valence-corrected chi connectivity index (χ2v) is 15.6. The predicted octanol–water partition coefficient (Wildman–Crippen LogP) is 7.30. The van der Waals surface area contributed by atoms with Crippen molar-refractivity contribution in [3.05, 3.63) is 20.8 Å². The molecule has 4 aliphatic rings. The van der Waals surface area contributed by atoms with Crippen molar-refractivity contribution in [1.82, 2.24) is 5.32 Å². The number of hydrogen-bond donors (Lipinski definition) is 2. The molecule has 200 valence electrons. The minimum absolute atomic E-state index is 0.0804. The molecule has 1 aromatic rings. The normalized spacial score (nSPS) is 41.7. The van der Waals surface area contributed by atoms with Gasteiger partial charge < -0.3 is 10.4 Å². The van der Waals surface area contributed by atoms with Gasteiger partial charge in [0.15, 0.2) is 0 Å². The Morgan fingerprint density at radius 3 is 2.64 bits per heavy atom. The molecule has 0 spiro atoms. The maximum Gasteiger partial charge on any atom is 0.220 e. The van der Waals surface area contributed by atoms with E-state index in [1.807, 2.05) is 0 Å². The molecular weight excluding hydrogens is 534 g/mol. The first-order valence-corrected chi connectivity index (χ1v) is 15.9. The summed E-state index contributed by atoms with van der Waals surface area (Å²) in [7, 11) is 0. The third-order valence-corrected chi connectivity index (χ3v) is 13.2. The molecule has 1 aromatic heterocycles. The van der Waals surface area contributed by atoms with E-state index >= 15 is 0 Å². The quantitative estimate of drug-likeness (QED) is 0.372. The van der Waals surface area contributed by atoms with Gasteiger partial charge in [-0.15, -0.1) is 11.3 Å². The van der Waals surface area contributed by atoms with Crippen molar-refractivity contribution in [2.24, 2.45) is 46.3 Å². The van der Waals surface area contributed by atoms with Crippen molar-refractivity contribution in [2.45, 2.75) is 104 Å².